The van der Waals surface area contributed by atoms with Crippen LogP contribution in [0.3, 0.4) is 0 Å². The first-order valence-corrected chi connectivity index (χ1v) is 9.19. The molecule has 0 fully saturated rings. The van der Waals surface area contributed by atoms with Crippen LogP contribution in [0, 0.1) is 0 Å². The summed E-state index contributed by atoms with van der Waals surface area (Å²) in [6, 6.07) is 15.5. The van der Waals surface area contributed by atoms with Gasteiger partial charge >= 0.3 is 0 Å². The number of hydrogen-bond donors (Lipinski definition) is 2. The third-order valence-electron chi connectivity index (χ3n) is 3.98. The summed E-state index contributed by atoms with van der Waals surface area (Å²) in [5.41, 5.74) is 1.03. The van der Waals surface area contributed by atoms with E-state index in [0.29, 0.717) is 18.0 Å². The van der Waals surface area contributed by atoms with Gasteiger partial charge in [0.05, 0.1) is 12.0 Å². The first-order chi connectivity index (χ1) is 12.7. The smallest absolute Gasteiger partial charge is 0.261 e. The molecule has 1 heterocycles. The molecule has 2 aromatic carbocycles. The van der Waals surface area contributed by atoms with Crippen molar-refractivity contribution >= 4 is 33.9 Å². The van der Waals surface area contributed by atoms with Gasteiger partial charge in [-0.2, -0.15) is 0 Å². The van der Waals surface area contributed by atoms with Gasteiger partial charge in [-0.3, -0.25) is 9.59 Å². The highest BCUT2D eigenvalue weighted by Crippen LogP contribution is 2.21. The van der Waals surface area contributed by atoms with Crippen LogP contribution < -0.4 is 15.4 Å². The Morgan fingerprint density at radius 2 is 1.85 bits per heavy atom. The molecule has 0 aliphatic heterocycles. The van der Waals surface area contributed by atoms with E-state index in [1.807, 2.05) is 47.8 Å². The number of carbonyl (C=O) groups is 2. The summed E-state index contributed by atoms with van der Waals surface area (Å²) in [5.74, 6) is 0.590. The first kappa shape index (κ1) is 17.9. The van der Waals surface area contributed by atoms with Crippen LogP contribution in [0.25, 0.3) is 10.8 Å². The van der Waals surface area contributed by atoms with Crippen molar-refractivity contribution in [2.45, 2.75) is 13.0 Å². The molecular weight excluding hydrogens is 348 g/mol. The number of thiophene rings is 1. The maximum atomic E-state index is 12.0. The van der Waals surface area contributed by atoms with Gasteiger partial charge in [0.25, 0.3) is 5.91 Å². The second kappa shape index (κ2) is 8.49. The SMILES string of the molecule is COc1ccc2cc(CNC(=O)CCNC(=O)c3cccs3)ccc2c1. The van der Waals surface area contributed by atoms with Crippen LogP contribution in [0.5, 0.6) is 5.75 Å². The molecule has 2 N–H and O–H groups in total. The van der Waals surface area contributed by atoms with Crippen molar-refractivity contribution in [3.05, 3.63) is 64.4 Å². The van der Waals surface area contributed by atoms with E-state index in [-0.39, 0.29) is 18.2 Å². The Hall–Kier alpha value is -2.86. The molecule has 134 valence electrons. The van der Waals surface area contributed by atoms with Gasteiger partial charge in [0, 0.05) is 19.5 Å². The summed E-state index contributed by atoms with van der Waals surface area (Å²) in [4.78, 5) is 24.4. The molecule has 0 spiro atoms. The molecule has 0 unspecified atom stereocenters. The van der Waals surface area contributed by atoms with Crippen LogP contribution in [0.4, 0.5) is 0 Å². The van der Waals surface area contributed by atoms with Crippen molar-refractivity contribution in [3.8, 4) is 5.75 Å². The number of rotatable bonds is 7. The molecule has 0 aliphatic carbocycles. The molecule has 26 heavy (non-hydrogen) atoms. The van der Waals surface area contributed by atoms with Crippen LogP contribution in [0.15, 0.2) is 53.9 Å². The fourth-order valence-electron chi connectivity index (χ4n) is 2.58. The van der Waals surface area contributed by atoms with Crippen molar-refractivity contribution in [2.24, 2.45) is 0 Å². The van der Waals surface area contributed by atoms with Crippen LogP contribution in [-0.2, 0) is 11.3 Å². The van der Waals surface area contributed by atoms with E-state index >= 15 is 0 Å². The highest BCUT2D eigenvalue weighted by atomic mass is 32.1. The van der Waals surface area contributed by atoms with E-state index in [1.165, 1.54) is 11.3 Å². The molecule has 6 heteroatoms. The Labute approximate surface area is 156 Å². The van der Waals surface area contributed by atoms with Gasteiger partial charge in [-0.25, -0.2) is 0 Å². The summed E-state index contributed by atoms with van der Waals surface area (Å²) in [6.07, 6.45) is 0.252. The van der Waals surface area contributed by atoms with Crippen molar-refractivity contribution < 1.29 is 14.3 Å². The number of methoxy groups -OCH3 is 1. The molecule has 0 radical (unpaired) electrons. The van der Waals surface area contributed by atoms with E-state index in [2.05, 4.69) is 10.6 Å². The minimum Gasteiger partial charge on any atom is -0.497 e. The van der Waals surface area contributed by atoms with Crippen LogP contribution in [0.1, 0.15) is 21.7 Å². The summed E-state index contributed by atoms with van der Waals surface area (Å²) < 4.78 is 5.22. The van der Waals surface area contributed by atoms with Gasteiger partial charge in [-0.15, -0.1) is 11.3 Å². The zero-order valence-electron chi connectivity index (χ0n) is 14.5. The quantitative estimate of drug-likeness (QED) is 0.672. The fraction of sp³-hybridized carbons (Fsp3) is 0.200. The van der Waals surface area contributed by atoms with Crippen LogP contribution in [-0.4, -0.2) is 25.5 Å². The van der Waals surface area contributed by atoms with E-state index < -0.39 is 0 Å². The lowest BCUT2D eigenvalue weighted by molar-refractivity contribution is -0.121. The van der Waals surface area contributed by atoms with Gasteiger partial charge in [-0.1, -0.05) is 24.3 Å². The number of amides is 2. The fourth-order valence-corrected chi connectivity index (χ4v) is 3.22. The van der Waals surface area contributed by atoms with Crippen LogP contribution >= 0.6 is 11.3 Å². The maximum absolute atomic E-state index is 12.0. The summed E-state index contributed by atoms with van der Waals surface area (Å²) in [7, 11) is 1.65. The average molecular weight is 368 g/mol. The van der Waals surface area contributed by atoms with Crippen LogP contribution in [0.2, 0.25) is 0 Å². The minimum atomic E-state index is -0.141. The number of fused-ring (bicyclic) bond motifs is 1. The Morgan fingerprint density at radius 3 is 2.62 bits per heavy atom. The van der Waals surface area contributed by atoms with E-state index in [0.717, 1.165) is 22.1 Å². The number of hydrogen-bond acceptors (Lipinski definition) is 4. The predicted molar refractivity (Wildman–Crippen MR) is 104 cm³/mol. The van der Waals surface area contributed by atoms with E-state index in [4.69, 9.17) is 4.74 Å². The molecular formula is C20H20N2O3S. The summed E-state index contributed by atoms with van der Waals surface area (Å²) >= 11 is 1.38. The lowest BCUT2D eigenvalue weighted by Crippen LogP contribution is -2.30. The summed E-state index contributed by atoms with van der Waals surface area (Å²) in [5, 5.41) is 9.67. The van der Waals surface area contributed by atoms with Gasteiger partial charge in [0.15, 0.2) is 0 Å². The molecule has 0 atom stereocenters. The predicted octanol–water partition coefficient (Wildman–Crippen LogP) is 3.35. The highest BCUT2D eigenvalue weighted by molar-refractivity contribution is 7.12. The zero-order valence-corrected chi connectivity index (χ0v) is 15.3. The molecule has 0 aliphatic rings. The first-order valence-electron chi connectivity index (χ1n) is 8.31. The van der Waals surface area contributed by atoms with Crippen molar-refractivity contribution in [3.63, 3.8) is 0 Å². The highest BCUT2D eigenvalue weighted by Gasteiger charge is 2.07. The summed E-state index contributed by atoms with van der Waals surface area (Å²) in [6.45, 7) is 0.778. The molecule has 3 rings (SSSR count). The average Bonchev–Trinajstić information content (AvgIpc) is 3.20. The minimum absolute atomic E-state index is 0.0914. The van der Waals surface area contributed by atoms with Gasteiger partial charge in [-0.05, 0) is 46.0 Å². The number of nitrogens with one attached hydrogen (secondary N) is 2. The zero-order chi connectivity index (χ0) is 18.4. The Morgan fingerprint density at radius 1 is 1.04 bits per heavy atom. The van der Waals surface area contributed by atoms with E-state index in [1.54, 1.807) is 13.2 Å². The Balaban J connectivity index is 1.46. The van der Waals surface area contributed by atoms with Gasteiger partial charge < -0.3 is 15.4 Å². The number of benzene rings is 2. The van der Waals surface area contributed by atoms with Crippen molar-refractivity contribution in [1.82, 2.24) is 10.6 Å². The van der Waals surface area contributed by atoms with Gasteiger partial charge in [0.1, 0.15) is 5.75 Å². The third-order valence-corrected chi connectivity index (χ3v) is 4.85. The lowest BCUT2D eigenvalue weighted by Gasteiger charge is -2.08. The second-order valence-electron chi connectivity index (χ2n) is 5.81. The van der Waals surface area contributed by atoms with Crippen molar-refractivity contribution in [2.75, 3.05) is 13.7 Å². The number of carbonyl (C=O) groups excluding carboxylic acids is 2. The molecule has 5 nitrogen and oxygen atoms in total. The molecule has 0 bridgehead atoms. The molecule has 3 aromatic rings. The topological polar surface area (TPSA) is 67.4 Å². The second-order valence-corrected chi connectivity index (χ2v) is 6.76. The Bertz CT molecular complexity index is 907. The molecule has 0 saturated heterocycles. The third kappa shape index (κ3) is 4.61. The maximum Gasteiger partial charge on any atom is 0.261 e. The Kier molecular flexibility index (Phi) is 5.86. The molecule has 0 saturated carbocycles. The molecule has 1 aromatic heterocycles. The van der Waals surface area contributed by atoms with Crippen molar-refractivity contribution in [1.29, 1.82) is 0 Å². The number of ether oxygens (including phenoxy) is 1. The normalized spacial score (nSPS) is 10.5. The lowest BCUT2D eigenvalue weighted by atomic mass is 10.1. The largest absolute Gasteiger partial charge is 0.497 e. The monoisotopic (exact) mass is 368 g/mol. The van der Waals surface area contributed by atoms with E-state index in [9.17, 15) is 9.59 Å². The molecule has 2 amide bonds. The standard InChI is InChI=1S/C20H20N2O3S/c1-25-17-7-6-15-11-14(4-5-16(15)12-17)13-22-19(23)8-9-21-20(24)18-3-2-10-26-18/h2-7,10-12H,8-9,13H2,1H3,(H,21,24)(H,22,23). The van der Waals surface area contributed by atoms with Gasteiger partial charge in [0.2, 0.25) is 5.91 Å².